The highest BCUT2D eigenvalue weighted by atomic mass is 19.3. The van der Waals surface area contributed by atoms with Crippen molar-refractivity contribution < 1.29 is 23.8 Å². The van der Waals surface area contributed by atoms with Gasteiger partial charge in [-0.15, -0.1) is 0 Å². The van der Waals surface area contributed by atoms with Crippen LogP contribution in [0.15, 0.2) is 60.7 Å². The fraction of sp³-hybridized carbons (Fsp3) is 0.281. The maximum Gasteiger partial charge on any atom is 0.273 e. The fourth-order valence-corrected chi connectivity index (χ4v) is 5.05. The first-order valence-corrected chi connectivity index (χ1v) is 13.1. The molecule has 1 unspecified atom stereocenters. The summed E-state index contributed by atoms with van der Waals surface area (Å²) in [6.45, 7) is 9.15. The molecule has 0 saturated heterocycles. The number of ether oxygens (including phenoxy) is 1. The van der Waals surface area contributed by atoms with E-state index in [1.807, 2.05) is 39.0 Å². The first-order valence-electron chi connectivity index (χ1n) is 13.1. The number of aryl methyl sites for hydroxylation is 3. The number of rotatable bonds is 9. The summed E-state index contributed by atoms with van der Waals surface area (Å²) in [4.78, 5) is 4.53. The summed E-state index contributed by atoms with van der Waals surface area (Å²) in [5, 5.41) is 24.9. The molecule has 8 heteroatoms. The van der Waals surface area contributed by atoms with E-state index in [4.69, 9.17) is 4.74 Å². The van der Waals surface area contributed by atoms with Gasteiger partial charge in [-0.05, 0) is 80.3 Å². The quantitative estimate of drug-likeness (QED) is 0.146. The Morgan fingerprint density at radius 3 is 2.40 bits per heavy atom. The number of anilines is 1. The first-order chi connectivity index (χ1) is 19.0. The Balaban J connectivity index is 1.72. The van der Waals surface area contributed by atoms with Crippen molar-refractivity contribution in [3.05, 3.63) is 94.3 Å². The molecular formula is C32H35F2N3O3. The maximum atomic E-state index is 14.2. The number of allylic oxidation sites excluding steroid dienone is 1. The number of benzene rings is 3. The van der Waals surface area contributed by atoms with Crippen LogP contribution in [0.5, 0.6) is 5.75 Å². The first kappa shape index (κ1) is 28.8. The van der Waals surface area contributed by atoms with Crippen molar-refractivity contribution in [2.75, 3.05) is 12.4 Å². The Morgan fingerprint density at radius 1 is 1.07 bits per heavy atom. The SMILES string of the molecule is C/C=C/c1cc(C)c(-c2cc(-c3nc(C)c(C(O)Nc4cccc(C(F)(F)CC)c4)n3O)ccc2OC)c(C)c1. The van der Waals surface area contributed by atoms with Crippen molar-refractivity contribution in [1.82, 2.24) is 9.71 Å². The van der Waals surface area contributed by atoms with E-state index in [9.17, 15) is 19.1 Å². The zero-order valence-electron chi connectivity index (χ0n) is 23.6. The van der Waals surface area contributed by atoms with Gasteiger partial charge in [-0.25, -0.2) is 13.8 Å². The van der Waals surface area contributed by atoms with Gasteiger partial charge in [-0.3, -0.25) is 0 Å². The lowest BCUT2D eigenvalue weighted by atomic mass is 9.91. The Kier molecular flexibility index (Phi) is 8.30. The largest absolute Gasteiger partial charge is 0.496 e. The number of imidazole rings is 1. The summed E-state index contributed by atoms with van der Waals surface area (Å²) in [5.41, 5.74) is 6.34. The molecular weight excluding hydrogens is 512 g/mol. The third kappa shape index (κ3) is 5.58. The zero-order valence-corrected chi connectivity index (χ0v) is 23.6. The topological polar surface area (TPSA) is 79.5 Å². The highest BCUT2D eigenvalue weighted by molar-refractivity contribution is 5.81. The van der Waals surface area contributed by atoms with Crippen LogP contribution in [0.3, 0.4) is 0 Å². The molecule has 40 heavy (non-hydrogen) atoms. The van der Waals surface area contributed by atoms with E-state index in [0.29, 0.717) is 22.7 Å². The summed E-state index contributed by atoms with van der Waals surface area (Å²) >= 11 is 0. The Hall–Kier alpha value is -4.17. The number of hydrogen-bond acceptors (Lipinski definition) is 5. The van der Waals surface area contributed by atoms with Gasteiger partial charge in [0, 0.05) is 28.8 Å². The molecule has 0 aliphatic rings. The smallest absolute Gasteiger partial charge is 0.273 e. The van der Waals surface area contributed by atoms with E-state index in [2.05, 4.69) is 28.5 Å². The van der Waals surface area contributed by atoms with E-state index in [1.165, 1.54) is 25.1 Å². The lowest BCUT2D eigenvalue weighted by Gasteiger charge is -2.19. The van der Waals surface area contributed by atoms with Crippen LogP contribution in [0.25, 0.3) is 28.6 Å². The Bertz CT molecular complexity index is 1540. The summed E-state index contributed by atoms with van der Waals surface area (Å²) in [7, 11) is 1.61. The average Bonchev–Trinajstić information content (AvgIpc) is 3.22. The number of alkyl halides is 2. The zero-order chi connectivity index (χ0) is 29.2. The minimum atomic E-state index is -2.99. The van der Waals surface area contributed by atoms with Gasteiger partial charge in [-0.1, -0.05) is 43.3 Å². The van der Waals surface area contributed by atoms with Crippen LogP contribution in [-0.4, -0.2) is 27.1 Å². The van der Waals surface area contributed by atoms with Crippen molar-refractivity contribution in [3.8, 4) is 28.3 Å². The second-order valence-corrected chi connectivity index (χ2v) is 9.85. The van der Waals surface area contributed by atoms with Gasteiger partial charge in [0.25, 0.3) is 5.92 Å². The van der Waals surface area contributed by atoms with Gasteiger partial charge in [-0.2, -0.15) is 4.73 Å². The van der Waals surface area contributed by atoms with Crippen molar-refractivity contribution >= 4 is 11.8 Å². The van der Waals surface area contributed by atoms with Crippen LogP contribution in [0, 0.1) is 20.8 Å². The molecule has 4 aromatic rings. The number of methoxy groups -OCH3 is 1. The predicted molar refractivity (Wildman–Crippen MR) is 155 cm³/mol. The summed E-state index contributed by atoms with van der Waals surface area (Å²) in [6, 6.07) is 15.4. The molecule has 6 nitrogen and oxygen atoms in total. The molecule has 3 aromatic carbocycles. The molecule has 0 aliphatic heterocycles. The van der Waals surface area contributed by atoms with Gasteiger partial charge < -0.3 is 20.4 Å². The predicted octanol–water partition coefficient (Wildman–Crippen LogP) is 8.03. The molecule has 1 aromatic heterocycles. The van der Waals surface area contributed by atoms with Crippen molar-refractivity contribution in [2.45, 2.75) is 53.2 Å². The monoisotopic (exact) mass is 547 g/mol. The second-order valence-electron chi connectivity index (χ2n) is 9.85. The number of aromatic nitrogens is 2. The summed E-state index contributed by atoms with van der Waals surface area (Å²) in [5.74, 6) is -2.09. The molecule has 0 radical (unpaired) electrons. The molecule has 4 rings (SSSR count). The minimum Gasteiger partial charge on any atom is -0.496 e. The molecule has 1 heterocycles. The van der Waals surface area contributed by atoms with Gasteiger partial charge in [0.05, 0.1) is 12.8 Å². The Labute approximate surface area is 233 Å². The molecule has 0 amide bonds. The highest BCUT2D eigenvalue weighted by Crippen LogP contribution is 2.39. The third-order valence-electron chi connectivity index (χ3n) is 7.01. The second kappa shape index (κ2) is 11.5. The normalized spacial score (nSPS) is 12.6. The van der Waals surface area contributed by atoms with Crippen molar-refractivity contribution in [2.24, 2.45) is 0 Å². The summed E-state index contributed by atoms with van der Waals surface area (Å²) in [6.07, 6.45) is 2.30. The molecule has 3 N–H and O–H groups in total. The van der Waals surface area contributed by atoms with Gasteiger partial charge in [0.1, 0.15) is 11.4 Å². The van der Waals surface area contributed by atoms with Crippen LogP contribution in [0.2, 0.25) is 0 Å². The number of aliphatic hydroxyl groups is 1. The molecule has 0 bridgehead atoms. The van der Waals surface area contributed by atoms with E-state index >= 15 is 0 Å². The molecule has 0 fully saturated rings. The van der Waals surface area contributed by atoms with E-state index in [0.717, 1.165) is 32.5 Å². The van der Waals surface area contributed by atoms with Crippen LogP contribution in [-0.2, 0) is 5.92 Å². The van der Waals surface area contributed by atoms with Gasteiger partial charge in [0.2, 0.25) is 0 Å². The lowest BCUT2D eigenvalue weighted by Crippen LogP contribution is -2.16. The van der Waals surface area contributed by atoms with Crippen molar-refractivity contribution in [3.63, 3.8) is 0 Å². The number of nitrogens with zero attached hydrogens (tertiary/aromatic N) is 2. The average molecular weight is 548 g/mol. The molecule has 0 aliphatic carbocycles. The van der Waals surface area contributed by atoms with Crippen LogP contribution < -0.4 is 10.1 Å². The molecule has 210 valence electrons. The fourth-order valence-electron chi connectivity index (χ4n) is 5.05. The van der Waals surface area contributed by atoms with Gasteiger partial charge >= 0.3 is 0 Å². The molecule has 0 spiro atoms. The number of nitrogens with one attached hydrogen (secondary N) is 1. The lowest BCUT2D eigenvalue weighted by molar-refractivity contribution is -0.00826. The van der Waals surface area contributed by atoms with E-state index in [-0.39, 0.29) is 23.5 Å². The minimum absolute atomic E-state index is 0.100. The van der Waals surface area contributed by atoms with E-state index < -0.39 is 12.2 Å². The van der Waals surface area contributed by atoms with Gasteiger partial charge in [0.15, 0.2) is 12.1 Å². The summed E-state index contributed by atoms with van der Waals surface area (Å²) < 4.78 is 34.9. The van der Waals surface area contributed by atoms with Crippen LogP contribution >= 0.6 is 0 Å². The Morgan fingerprint density at radius 2 is 1.77 bits per heavy atom. The van der Waals surface area contributed by atoms with E-state index in [1.54, 1.807) is 26.2 Å². The number of hydrogen-bond donors (Lipinski definition) is 3. The highest BCUT2D eigenvalue weighted by Gasteiger charge is 2.29. The van der Waals surface area contributed by atoms with Crippen LogP contribution in [0.1, 0.15) is 60.1 Å². The van der Waals surface area contributed by atoms with Crippen LogP contribution in [0.4, 0.5) is 14.5 Å². The maximum absolute atomic E-state index is 14.2. The standard InChI is InChI=1S/C32H35F2N3O3/c1-7-10-22-15-19(3)28(20(4)16-22)26-17-23(13-14-27(26)40-6)30-35-21(5)29(37(30)39)31(38)36-25-12-9-11-24(18-25)32(33,34)8-2/h7,9-18,31,36,38-39H,8H2,1-6H3/b10-7+. The molecule has 1 atom stereocenters. The third-order valence-corrected chi connectivity index (χ3v) is 7.01. The number of halogens is 2. The number of aliphatic hydroxyl groups excluding tert-OH is 1. The van der Waals surface area contributed by atoms with Crippen molar-refractivity contribution in [1.29, 1.82) is 0 Å². The molecule has 0 saturated carbocycles.